The smallest absolute Gasteiger partial charge is 0.337 e. The van der Waals surface area contributed by atoms with Crippen molar-refractivity contribution in [1.82, 2.24) is 4.90 Å². The Hall–Kier alpha value is -2.61. The van der Waals surface area contributed by atoms with Gasteiger partial charge in [-0.3, -0.25) is 4.79 Å². The summed E-state index contributed by atoms with van der Waals surface area (Å²) in [6.07, 6.45) is 0. The van der Waals surface area contributed by atoms with E-state index in [-0.39, 0.29) is 42.1 Å². The summed E-state index contributed by atoms with van der Waals surface area (Å²) in [5.41, 5.74) is 0.210. The third kappa shape index (κ3) is 5.19. The van der Waals surface area contributed by atoms with Crippen LogP contribution in [-0.2, 0) is 14.3 Å². The van der Waals surface area contributed by atoms with Crippen LogP contribution in [0.25, 0.3) is 0 Å². The summed E-state index contributed by atoms with van der Waals surface area (Å²) in [5, 5.41) is 11.9. The van der Waals surface area contributed by atoms with E-state index in [1.165, 1.54) is 30.2 Å². The van der Waals surface area contributed by atoms with Crippen LogP contribution in [-0.4, -0.2) is 55.3 Å². The molecule has 1 aliphatic rings. The fraction of sp³-hybridized carbons (Fsp3) is 0.474. The number of esters is 1. The van der Waals surface area contributed by atoms with Gasteiger partial charge in [0.15, 0.2) is 0 Å². The van der Waals surface area contributed by atoms with Crippen LogP contribution < -0.4 is 10.1 Å². The van der Waals surface area contributed by atoms with Gasteiger partial charge in [-0.05, 0) is 17.5 Å². The number of carbonyl (C=O) groups excluding carboxylic acids is 2. The molecule has 1 aromatic rings. The number of anilines is 1. The standard InChI is InChI=1S/C19H25FN2O5/c1-19(2,3)11-27-15-6-5-12(20)9-14(15)21-16-13(18(25)26-4)10-22(7-8-23)17(16)24/h5-6,9,21,23H,7-8,10-11H2,1-4H3. The maximum atomic E-state index is 13.8. The predicted octanol–water partition coefficient (Wildman–Crippen LogP) is 1.92. The quantitative estimate of drug-likeness (QED) is 0.703. The molecular formula is C19H25FN2O5. The second-order valence-electron chi connectivity index (χ2n) is 7.41. The summed E-state index contributed by atoms with van der Waals surface area (Å²) in [6, 6.07) is 3.92. The lowest BCUT2D eigenvalue weighted by molar-refractivity contribution is -0.136. The van der Waals surface area contributed by atoms with Crippen molar-refractivity contribution in [2.45, 2.75) is 20.8 Å². The molecule has 0 saturated heterocycles. The average molecular weight is 380 g/mol. The number of benzene rings is 1. The monoisotopic (exact) mass is 380 g/mol. The number of rotatable bonds is 7. The molecule has 0 bridgehead atoms. The Morgan fingerprint density at radius 3 is 2.67 bits per heavy atom. The summed E-state index contributed by atoms with van der Waals surface area (Å²) >= 11 is 0. The Morgan fingerprint density at radius 1 is 1.37 bits per heavy atom. The average Bonchev–Trinajstić information content (AvgIpc) is 2.89. The molecule has 27 heavy (non-hydrogen) atoms. The fourth-order valence-electron chi connectivity index (χ4n) is 2.50. The van der Waals surface area contributed by atoms with Crippen molar-refractivity contribution in [3.05, 3.63) is 35.3 Å². The minimum absolute atomic E-state index is 0.00188. The van der Waals surface area contributed by atoms with Crippen LogP contribution in [0, 0.1) is 11.2 Å². The van der Waals surface area contributed by atoms with Crippen LogP contribution in [0.15, 0.2) is 29.5 Å². The van der Waals surface area contributed by atoms with E-state index < -0.39 is 17.7 Å². The Kier molecular flexibility index (Phi) is 6.43. The van der Waals surface area contributed by atoms with Crippen LogP contribution in [0.5, 0.6) is 5.75 Å². The zero-order valence-electron chi connectivity index (χ0n) is 16.0. The number of nitrogens with one attached hydrogen (secondary N) is 1. The van der Waals surface area contributed by atoms with Crippen molar-refractivity contribution in [3.63, 3.8) is 0 Å². The van der Waals surface area contributed by atoms with Crippen molar-refractivity contribution >= 4 is 17.6 Å². The molecule has 0 saturated carbocycles. The molecule has 0 spiro atoms. The summed E-state index contributed by atoms with van der Waals surface area (Å²) in [4.78, 5) is 26.0. The number of aliphatic hydroxyl groups is 1. The van der Waals surface area contributed by atoms with Crippen LogP contribution in [0.1, 0.15) is 20.8 Å². The summed E-state index contributed by atoms with van der Waals surface area (Å²) in [7, 11) is 1.21. The molecular weight excluding hydrogens is 355 g/mol. The van der Waals surface area contributed by atoms with Gasteiger partial charge in [0.05, 0.1) is 38.1 Å². The third-order valence-electron chi connectivity index (χ3n) is 3.82. The molecule has 1 heterocycles. The van der Waals surface area contributed by atoms with Crippen LogP contribution in [0.3, 0.4) is 0 Å². The topological polar surface area (TPSA) is 88.1 Å². The molecule has 0 atom stereocenters. The van der Waals surface area contributed by atoms with E-state index in [1.807, 2.05) is 20.8 Å². The zero-order chi connectivity index (χ0) is 20.2. The summed E-state index contributed by atoms with van der Waals surface area (Å²) in [6.45, 7) is 6.19. The van der Waals surface area contributed by atoms with E-state index in [0.717, 1.165) is 0 Å². The predicted molar refractivity (Wildman–Crippen MR) is 97.7 cm³/mol. The lowest BCUT2D eigenvalue weighted by Gasteiger charge is -2.21. The normalized spacial score (nSPS) is 14.6. The first-order valence-corrected chi connectivity index (χ1v) is 8.57. The number of halogens is 1. The largest absolute Gasteiger partial charge is 0.491 e. The number of nitrogens with zero attached hydrogens (tertiary/aromatic N) is 1. The molecule has 148 valence electrons. The maximum Gasteiger partial charge on any atom is 0.337 e. The van der Waals surface area contributed by atoms with Crippen molar-refractivity contribution in [2.75, 3.05) is 38.7 Å². The van der Waals surface area contributed by atoms with E-state index in [0.29, 0.717) is 12.4 Å². The minimum Gasteiger partial charge on any atom is -0.491 e. The molecule has 0 unspecified atom stereocenters. The van der Waals surface area contributed by atoms with Gasteiger partial charge in [0.25, 0.3) is 5.91 Å². The lowest BCUT2D eigenvalue weighted by Crippen LogP contribution is -2.31. The van der Waals surface area contributed by atoms with Crippen molar-refractivity contribution in [1.29, 1.82) is 0 Å². The number of carbonyl (C=O) groups is 2. The molecule has 2 N–H and O–H groups in total. The van der Waals surface area contributed by atoms with Crippen molar-refractivity contribution < 1.29 is 28.6 Å². The van der Waals surface area contributed by atoms with Gasteiger partial charge in [0.1, 0.15) is 17.3 Å². The van der Waals surface area contributed by atoms with Crippen molar-refractivity contribution in [2.24, 2.45) is 5.41 Å². The Balaban J connectivity index is 2.36. The lowest BCUT2D eigenvalue weighted by atomic mass is 9.99. The number of hydrogen-bond acceptors (Lipinski definition) is 6. The van der Waals surface area contributed by atoms with Crippen LogP contribution in [0.4, 0.5) is 10.1 Å². The van der Waals surface area contributed by atoms with Gasteiger partial charge in [-0.25, -0.2) is 9.18 Å². The maximum absolute atomic E-state index is 13.8. The Labute approximate surface area is 157 Å². The number of amides is 1. The first-order valence-electron chi connectivity index (χ1n) is 8.57. The van der Waals surface area contributed by atoms with E-state index in [4.69, 9.17) is 14.6 Å². The number of β-amino-alcohol motifs (C(OH)–C–C–N with tert-alkyl or cyclic N) is 1. The second kappa shape index (κ2) is 8.39. The van der Waals surface area contributed by atoms with Gasteiger partial charge < -0.3 is 24.8 Å². The minimum atomic E-state index is -0.667. The number of ether oxygens (including phenoxy) is 2. The molecule has 2 rings (SSSR count). The second-order valence-corrected chi connectivity index (χ2v) is 7.41. The molecule has 0 aromatic heterocycles. The van der Waals surface area contributed by atoms with Crippen LogP contribution >= 0.6 is 0 Å². The van der Waals surface area contributed by atoms with E-state index >= 15 is 0 Å². The van der Waals surface area contributed by atoms with Gasteiger partial charge in [-0.15, -0.1) is 0 Å². The van der Waals surface area contributed by atoms with Gasteiger partial charge >= 0.3 is 5.97 Å². The van der Waals surface area contributed by atoms with E-state index in [9.17, 15) is 14.0 Å². The van der Waals surface area contributed by atoms with Gasteiger partial charge in [0, 0.05) is 12.6 Å². The number of aliphatic hydroxyl groups excluding tert-OH is 1. The molecule has 0 fully saturated rings. The molecule has 0 radical (unpaired) electrons. The van der Waals surface area contributed by atoms with Crippen molar-refractivity contribution in [3.8, 4) is 5.75 Å². The summed E-state index contributed by atoms with van der Waals surface area (Å²) < 4.78 is 24.3. The first kappa shape index (κ1) is 20.7. The molecule has 1 aliphatic heterocycles. The molecule has 8 heteroatoms. The SMILES string of the molecule is COC(=O)C1=C(Nc2cc(F)ccc2OCC(C)(C)C)C(=O)N(CCO)C1. The third-order valence-corrected chi connectivity index (χ3v) is 3.82. The molecule has 0 aliphatic carbocycles. The number of hydrogen-bond donors (Lipinski definition) is 2. The fourth-order valence-corrected chi connectivity index (χ4v) is 2.50. The first-order chi connectivity index (χ1) is 12.7. The number of methoxy groups -OCH3 is 1. The highest BCUT2D eigenvalue weighted by Gasteiger charge is 2.35. The van der Waals surface area contributed by atoms with E-state index in [1.54, 1.807) is 0 Å². The highest BCUT2D eigenvalue weighted by atomic mass is 19.1. The van der Waals surface area contributed by atoms with Crippen LogP contribution in [0.2, 0.25) is 0 Å². The zero-order valence-corrected chi connectivity index (χ0v) is 16.0. The Bertz CT molecular complexity index is 755. The summed E-state index contributed by atoms with van der Waals surface area (Å²) in [5.74, 6) is -1.30. The van der Waals surface area contributed by atoms with Gasteiger partial charge in [-0.2, -0.15) is 0 Å². The molecule has 7 nitrogen and oxygen atoms in total. The molecule has 1 aromatic carbocycles. The highest BCUT2D eigenvalue weighted by molar-refractivity contribution is 6.08. The molecule has 1 amide bonds. The van der Waals surface area contributed by atoms with Gasteiger partial charge in [0.2, 0.25) is 0 Å². The van der Waals surface area contributed by atoms with Gasteiger partial charge in [-0.1, -0.05) is 20.8 Å². The Morgan fingerprint density at radius 2 is 2.07 bits per heavy atom. The highest BCUT2D eigenvalue weighted by Crippen LogP contribution is 2.31. The van der Waals surface area contributed by atoms with E-state index in [2.05, 4.69) is 5.32 Å².